The van der Waals surface area contributed by atoms with E-state index in [1.807, 2.05) is 79.7 Å². The van der Waals surface area contributed by atoms with Crippen LogP contribution >= 0.6 is 39.1 Å². The van der Waals surface area contributed by atoms with Gasteiger partial charge in [0, 0.05) is 21.8 Å². The molecule has 0 aliphatic rings. The predicted octanol–water partition coefficient (Wildman–Crippen LogP) is 9.28. The highest BCUT2D eigenvalue weighted by atomic mass is 79.9. The van der Waals surface area contributed by atoms with Gasteiger partial charge in [-0.2, -0.15) is 0 Å². The van der Waals surface area contributed by atoms with Crippen molar-refractivity contribution < 1.29 is 14.2 Å². The lowest BCUT2D eigenvalue weighted by Crippen LogP contribution is -2.02. The Labute approximate surface area is 223 Å². The highest BCUT2D eigenvalue weighted by Gasteiger charge is 2.13. The molecule has 0 atom stereocenters. The van der Waals surface area contributed by atoms with Crippen LogP contribution in [-0.2, 0) is 6.61 Å². The van der Waals surface area contributed by atoms with Crippen molar-refractivity contribution in [2.24, 2.45) is 4.99 Å². The molecular weight excluding hydrogens is 549 g/mol. The summed E-state index contributed by atoms with van der Waals surface area (Å²) in [5, 5.41) is 1.13. The third-order valence-corrected chi connectivity index (χ3v) is 6.07. The van der Waals surface area contributed by atoms with Crippen LogP contribution in [0.5, 0.6) is 23.0 Å². The number of nitrogens with zero attached hydrogens (tertiary/aromatic N) is 1. The molecule has 0 amide bonds. The van der Waals surface area contributed by atoms with Gasteiger partial charge in [0.15, 0.2) is 11.5 Å². The second-order valence-electron chi connectivity index (χ2n) is 7.45. The molecule has 0 N–H and O–H groups in total. The van der Waals surface area contributed by atoms with E-state index in [9.17, 15) is 0 Å². The minimum atomic E-state index is 0.277. The maximum absolute atomic E-state index is 6.28. The van der Waals surface area contributed by atoms with Crippen molar-refractivity contribution in [3.05, 3.63) is 111 Å². The number of halogens is 3. The maximum atomic E-state index is 6.28. The fraction of sp³-hybridized carbons (Fsp3) is 0.107. The van der Waals surface area contributed by atoms with Gasteiger partial charge in [0.25, 0.3) is 0 Å². The first-order valence-electron chi connectivity index (χ1n) is 10.9. The summed E-state index contributed by atoms with van der Waals surface area (Å²) in [6.45, 7) is 2.70. The number of rotatable bonds is 9. The average Bonchev–Trinajstić information content (AvgIpc) is 2.85. The molecule has 0 bridgehead atoms. The molecule has 0 radical (unpaired) electrons. The zero-order valence-electron chi connectivity index (χ0n) is 18.9. The molecule has 0 heterocycles. The van der Waals surface area contributed by atoms with Crippen LogP contribution in [0.3, 0.4) is 0 Å². The van der Waals surface area contributed by atoms with E-state index >= 15 is 0 Å². The summed E-state index contributed by atoms with van der Waals surface area (Å²) in [4.78, 5) is 4.58. The summed E-state index contributed by atoms with van der Waals surface area (Å²) in [5.74, 6) is 2.74. The Hall–Kier alpha value is -2.99. The Bertz CT molecular complexity index is 1310. The monoisotopic (exact) mass is 569 g/mol. The van der Waals surface area contributed by atoms with Crippen LogP contribution in [0.15, 0.2) is 94.4 Å². The molecule has 0 fully saturated rings. The molecule has 4 aromatic rings. The summed E-state index contributed by atoms with van der Waals surface area (Å²) < 4.78 is 18.5. The smallest absolute Gasteiger partial charge is 0.175 e. The SMILES string of the molecule is CCOc1cc(C=Nc2ccc(Oc3ccccc3)cc2)cc(Br)c1OCc1ccc(Cl)cc1Cl. The van der Waals surface area contributed by atoms with Crippen molar-refractivity contribution in [2.75, 3.05) is 6.61 Å². The van der Waals surface area contributed by atoms with E-state index in [1.165, 1.54) is 0 Å². The van der Waals surface area contributed by atoms with Gasteiger partial charge in [0.1, 0.15) is 18.1 Å². The van der Waals surface area contributed by atoms with Crippen LogP contribution in [0.2, 0.25) is 10.0 Å². The van der Waals surface area contributed by atoms with E-state index in [1.54, 1.807) is 18.3 Å². The number of aliphatic imine (C=N–C) groups is 1. The molecule has 0 aliphatic heterocycles. The topological polar surface area (TPSA) is 40.0 Å². The molecule has 35 heavy (non-hydrogen) atoms. The van der Waals surface area contributed by atoms with Crippen LogP contribution in [0.25, 0.3) is 0 Å². The lowest BCUT2D eigenvalue weighted by molar-refractivity contribution is 0.267. The Morgan fingerprint density at radius 1 is 0.857 bits per heavy atom. The minimum Gasteiger partial charge on any atom is -0.490 e. The summed E-state index contributed by atoms with van der Waals surface area (Å²) in [6.07, 6.45) is 1.78. The Morgan fingerprint density at radius 3 is 2.31 bits per heavy atom. The highest BCUT2D eigenvalue weighted by Crippen LogP contribution is 2.38. The van der Waals surface area contributed by atoms with Crippen molar-refractivity contribution in [3.8, 4) is 23.0 Å². The largest absolute Gasteiger partial charge is 0.490 e. The van der Waals surface area contributed by atoms with E-state index in [4.69, 9.17) is 37.4 Å². The van der Waals surface area contributed by atoms with E-state index < -0.39 is 0 Å². The normalized spacial score (nSPS) is 11.0. The fourth-order valence-electron chi connectivity index (χ4n) is 3.23. The molecule has 7 heteroatoms. The van der Waals surface area contributed by atoms with Gasteiger partial charge in [-0.25, -0.2) is 0 Å². The molecule has 0 saturated heterocycles. The average molecular weight is 571 g/mol. The van der Waals surface area contributed by atoms with Crippen molar-refractivity contribution in [3.63, 3.8) is 0 Å². The first-order valence-corrected chi connectivity index (χ1v) is 12.5. The third-order valence-electron chi connectivity index (χ3n) is 4.90. The second-order valence-corrected chi connectivity index (χ2v) is 9.15. The van der Waals surface area contributed by atoms with Gasteiger partial charge in [0.05, 0.1) is 16.8 Å². The number of hydrogen-bond acceptors (Lipinski definition) is 4. The predicted molar refractivity (Wildman–Crippen MR) is 146 cm³/mol. The van der Waals surface area contributed by atoms with Crippen LogP contribution in [0, 0.1) is 0 Å². The lowest BCUT2D eigenvalue weighted by atomic mass is 10.2. The number of para-hydroxylation sites is 1. The first kappa shape index (κ1) is 25.1. The number of hydrogen-bond donors (Lipinski definition) is 0. The van der Waals surface area contributed by atoms with Gasteiger partial charge in [-0.15, -0.1) is 0 Å². The minimum absolute atomic E-state index is 0.277. The van der Waals surface area contributed by atoms with Crippen molar-refractivity contribution in [1.82, 2.24) is 0 Å². The molecule has 4 rings (SSSR count). The summed E-state index contributed by atoms with van der Waals surface area (Å²) in [5.41, 5.74) is 2.50. The van der Waals surface area contributed by atoms with Crippen LogP contribution in [-0.4, -0.2) is 12.8 Å². The van der Waals surface area contributed by atoms with Gasteiger partial charge in [-0.3, -0.25) is 4.99 Å². The zero-order valence-corrected chi connectivity index (χ0v) is 22.0. The number of benzene rings is 4. The Morgan fingerprint density at radius 2 is 1.60 bits per heavy atom. The standard InChI is InChI=1S/C28H22BrCl2NO3/c1-2-33-27-15-19(14-25(29)28(27)34-18-20-8-9-21(30)16-26(20)31)17-32-22-10-12-24(13-11-22)35-23-6-4-3-5-7-23/h3-17H,2,18H2,1H3. The van der Waals surface area contributed by atoms with Crippen molar-refractivity contribution in [1.29, 1.82) is 0 Å². The Balaban J connectivity index is 1.47. The van der Waals surface area contributed by atoms with Gasteiger partial charge >= 0.3 is 0 Å². The first-order chi connectivity index (χ1) is 17.0. The van der Waals surface area contributed by atoms with Gasteiger partial charge < -0.3 is 14.2 Å². The lowest BCUT2D eigenvalue weighted by Gasteiger charge is -2.15. The van der Waals surface area contributed by atoms with E-state index in [0.717, 1.165) is 32.8 Å². The van der Waals surface area contributed by atoms with Gasteiger partial charge in [-0.1, -0.05) is 47.5 Å². The van der Waals surface area contributed by atoms with Crippen molar-refractivity contribution >= 4 is 51.0 Å². The third kappa shape index (κ3) is 7.01. The van der Waals surface area contributed by atoms with E-state index in [-0.39, 0.29) is 6.61 Å². The molecule has 4 nitrogen and oxygen atoms in total. The summed E-state index contributed by atoms with van der Waals surface area (Å²) in [7, 11) is 0. The molecule has 0 saturated carbocycles. The van der Waals surface area contributed by atoms with Crippen molar-refractivity contribution in [2.45, 2.75) is 13.5 Å². The fourth-order valence-corrected chi connectivity index (χ4v) is 4.27. The van der Waals surface area contributed by atoms with Crippen LogP contribution in [0.4, 0.5) is 5.69 Å². The highest BCUT2D eigenvalue weighted by molar-refractivity contribution is 9.10. The van der Waals surface area contributed by atoms with Gasteiger partial charge in [0.2, 0.25) is 0 Å². The van der Waals surface area contributed by atoms with Crippen LogP contribution < -0.4 is 14.2 Å². The second kappa shape index (κ2) is 12.1. The summed E-state index contributed by atoms with van der Waals surface area (Å²) >= 11 is 15.9. The molecule has 0 aliphatic carbocycles. The van der Waals surface area contributed by atoms with Crippen LogP contribution in [0.1, 0.15) is 18.1 Å². The summed E-state index contributed by atoms with van der Waals surface area (Å²) in [6, 6.07) is 26.4. The molecule has 0 spiro atoms. The number of ether oxygens (including phenoxy) is 3. The maximum Gasteiger partial charge on any atom is 0.175 e. The molecular formula is C28H22BrCl2NO3. The van der Waals surface area contributed by atoms with E-state index in [0.29, 0.717) is 28.2 Å². The van der Waals surface area contributed by atoms with E-state index in [2.05, 4.69) is 20.9 Å². The zero-order chi connectivity index (χ0) is 24.6. The molecule has 4 aromatic carbocycles. The molecule has 0 unspecified atom stereocenters. The molecule has 0 aromatic heterocycles. The van der Waals surface area contributed by atoms with Gasteiger partial charge in [-0.05, 0) is 89.1 Å². The Kier molecular flexibility index (Phi) is 8.69. The quantitative estimate of drug-likeness (QED) is 0.188. The molecule has 178 valence electrons.